The van der Waals surface area contributed by atoms with Crippen molar-refractivity contribution in [3.05, 3.63) is 60.3 Å². The number of anilines is 2. The van der Waals surface area contributed by atoms with E-state index in [4.69, 9.17) is 14.7 Å². The lowest BCUT2D eigenvalue weighted by atomic mass is 10.0. The molecule has 3 aliphatic heterocycles. The first kappa shape index (κ1) is 27.0. The van der Waals surface area contributed by atoms with E-state index in [-0.39, 0.29) is 23.8 Å². The number of benzene rings is 2. The van der Waals surface area contributed by atoms with Crippen LogP contribution in [0.15, 0.2) is 49.1 Å². The number of phenolic OH excluding ortho intramolecular Hbond substituents is 1. The van der Waals surface area contributed by atoms with Crippen LogP contribution in [0, 0.1) is 5.92 Å². The van der Waals surface area contributed by atoms with Gasteiger partial charge in [-0.05, 0) is 42.7 Å². The van der Waals surface area contributed by atoms with Gasteiger partial charge < -0.3 is 29.6 Å². The largest absolute Gasteiger partial charge is 0.508 e. The number of phenols is 1. The number of carbonyl (C=O) groups excluding carboxylic acids is 1. The van der Waals surface area contributed by atoms with Crippen LogP contribution in [0.25, 0.3) is 10.8 Å². The lowest BCUT2D eigenvalue weighted by molar-refractivity contribution is -0.126. The smallest absolute Gasteiger partial charge is 0.318 e. The molecule has 2 N–H and O–H groups in total. The molecule has 3 fully saturated rings. The van der Waals surface area contributed by atoms with E-state index in [1.807, 2.05) is 29.2 Å². The molecule has 7 rings (SSSR count). The monoisotopic (exact) mass is 570 g/mol. The van der Waals surface area contributed by atoms with Crippen LogP contribution in [0.4, 0.5) is 11.5 Å². The second kappa shape index (κ2) is 10.7. The van der Waals surface area contributed by atoms with Gasteiger partial charge in [0.25, 0.3) is 0 Å². The molecule has 10 heteroatoms. The van der Waals surface area contributed by atoms with E-state index in [9.17, 15) is 15.0 Å². The Hall–Kier alpha value is -3.89. The molecular weight excluding hydrogens is 532 g/mol. The second-order valence-electron chi connectivity index (χ2n) is 11.9. The molecule has 2 aromatic carbocycles. The Morgan fingerprint density at radius 1 is 1.12 bits per heavy atom. The van der Waals surface area contributed by atoms with Crippen molar-refractivity contribution in [1.82, 2.24) is 19.8 Å². The summed E-state index contributed by atoms with van der Waals surface area (Å²) in [5.41, 5.74) is 3.09. The third kappa shape index (κ3) is 4.72. The maximum Gasteiger partial charge on any atom is 0.318 e. The van der Waals surface area contributed by atoms with Crippen molar-refractivity contribution >= 4 is 28.2 Å². The molecule has 1 amide bonds. The molecule has 1 aromatic heterocycles. The zero-order chi connectivity index (χ0) is 28.8. The summed E-state index contributed by atoms with van der Waals surface area (Å²) in [6, 6.07) is 12.1. The number of aliphatic hydroxyl groups is 1. The van der Waals surface area contributed by atoms with Crippen molar-refractivity contribution in [3.8, 4) is 11.8 Å². The highest BCUT2D eigenvalue weighted by molar-refractivity contribution is 5.95. The van der Waals surface area contributed by atoms with Gasteiger partial charge in [0.15, 0.2) is 0 Å². The van der Waals surface area contributed by atoms with Gasteiger partial charge in [0.05, 0.1) is 25.5 Å². The Labute approximate surface area is 245 Å². The summed E-state index contributed by atoms with van der Waals surface area (Å²) in [5.74, 6) is 1.77. The van der Waals surface area contributed by atoms with Crippen LogP contribution in [0.5, 0.6) is 11.8 Å². The number of ether oxygens (including phenoxy) is 1. The van der Waals surface area contributed by atoms with E-state index in [0.717, 1.165) is 72.4 Å². The van der Waals surface area contributed by atoms with Gasteiger partial charge in [0.2, 0.25) is 5.91 Å². The molecule has 2 unspecified atom stereocenters. The maximum absolute atomic E-state index is 12.2. The first-order valence-corrected chi connectivity index (χ1v) is 15.0. The molecule has 2 saturated heterocycles. The second-order valence-corrected chi connectivity index (χ2v) is 11.9. The summed E-state index contributed by atoms with van der Waals surface area (Å²) in [5, 5.41) is 22.3. The van der Waals surface area contributed by atoms with Gasteiger partial charge >= 0.3 is 6.01 Å². The highest BCUT2D eigenvalue weighted by Crippen LogP contribution is 2.57. The number of amides is 1. The van der Waals surface area contributed by atoms with Crippen LogP contribution >= 0.6 is 0 Å². The Morgan fingerprint density at radius 2 is 1.95 bits per heavy atom. The molecule has 42 heavy (non-hydrogen) atoms. The first-order valence-electron chi connectivity index (χ1n) is 15.0. The number of carbonyl (C=O) groups is 1. The van der Waals surface area contributed by atoms with E-state index in [2.05, 4.69) is 27.3 Å². The Bertz CT molecular complexity index is 1520. The number of nitrogens with zero attached hydrogens (tertiary/aromatic N) is 6. The summed E-state index contributed by atoms with van der Waals surface area (Å²) < 4.78 is 6.17. The maximum atomic E-state index is 12.2. The number of hydrogen-bond donors (Lipinski definition) is 2. The Morgan fingerprint density at radius 3 is 2.71 bits per heavy atom. The van der Waals surface area contributed by atoms with Crippen LogP contribution in [0.2, 0.25) is 0 Å². The van der Waals surface area contributed by atoms with Gasteiger partial charge in [-0.1, -0.05) is 30.8 Å². The molecule has 4 heterocycles. The lowest BCUT2D eigenvalue weighted by Gasteiger charge is -2.39. The highest BCUT2D eigenvalue weighted by Gasteiger charge is 2.65. The number of piperazine rings is 1. The predicted octanol–water partition coefficient (Wildman–Crippen LogP) is 2.57. The Kier molecular flexibility index (Phi) is 6.90. The van der Waals surface area contributed by atoms with E-state index in [1.165, 1.54) is 6.08 Å². The van der Waals surface area contributed by atoms with Gasteiger partial charge in [0, 0.05) is 74.1 Å². The topological polar surface area (TPSA) is 106 Å². The normalized spacial score (nSPS) is 23.3. The number of fused-ring (bicyclic) bond motifs is 3. The summed E-state index contributed by atoms with van der Waals surface area (Å²) in [6.07, 6.45) is 4.09. The van der Waals surface area contributed by atoms with Gasteiger partial charge in [-0.15, -0.1) is 0 Å². The highest BCUT2D eigenvalue weighted by atomic mass is 16.5. The van der Waals surface area contributed by atoms with Crippen LogP contribution in [-0.2, 0) is 17.8 Å². The fourth-order valence-electron chi connectivity index (χ4n) is 7.08. The van der Waals surface area contributed by atoms with Crippen LogP contribution in [-0.4, -0.2) is 100 Å². The van der Waals surface area contributed by atoms with Crippen molar-refractivity contribution in [2.45, 2.75) is 31.3 Å². The van der Waals surface area contributed by atoms with Crippen molar-refractivity contribution in [2.75, 3.05) is 68.8 Å². The molecule has 1 saturated carbocycles. The molecule has 0 radical (unpaired) electrons. The fourth-order valence-corrected chi connectivity index (χ4v) is 7.08. The third-order valence-corrected chi connectivity index (χ3v) is 9.60. The molecule has 0 spiro atoms. The van der Waals surface area contributed by atoms with E-state index in [0.29, 0.717) is 51.3 Å². The van der Waals surface area contributed by atoms with Gasteiger partial charge in [0.1, 0.15) is 11.6 Å². The molecular formula is C32H38N6O4. The minimum absolute atomic E-state index is 0.0416. The van der Waals surface area contributed by atoms with E-state index in [1.54, 1.807) is 6.07 Å². The quantitative estimate of drug-likeness (QED) is 0.297. The van der Waals surface area contributed by atoms with Gasteiger partial charge in [-0.2, -0.15) is 9.97 Å². The van der Waals surface area contributed by atoms with Crippen molar-refractivity contribution in [1.29, 1.82) is 0 Å². The number of rotatable bonds is 9. The fraction of sp³-hybridized carbons (Fsp3) is 0.469. The summed E-state index contributed by atoms with van der Waals surface area (Å²) in [7, 11) is 0. The van der Waals surface area contributed by atoms with Gasteiger partial charge in [-0.25, -0.2) is 0 Å². The Balaban J connectivity index is 1.12. The number of likely N-dealkylation sites (tertiary alicyclic amines) is 1. The molecule has 4 aliphatic rings. The van der Waals surface area contributed by atoms with Crippen molar-refractivity contribution in [3.63, 3.8) is 0 Å². The molecule has 2 atom stereocenters. The zero-order valence-electron chi connectivity index (χ0n) is 23.9. The molecule has 220 valence electrons. The minimum atomic E-state index is -0.0416. The zero-order valence-corrected chi connectivity index (χ0v) is 23.9. The number of aromatic nitrogens is 2. The van der Waals surface area contributed by atoms with Gasteiger partial charge in [-0.3, -0.25) is 9.69 Å². The predicted molar refractivity (Wildman–Crippen MR) is 161 cm³/mol. The standard InChI is InChI=1S/C32H38N6O4/c1-2-29(41)35-11-13-36(14-12-35)30-26-8-10-37(28-17-24(40)16-22-6-3-4-7-25(22)28)20-27(26)33-31(34-30)42-15-5-9-38-19-23-18-32(23,38)21-39/h2-4,6-7,16-17,23,39-40H,1,5,8-15,18-21H2. The lowest BCUT2D eigenvalue weighted by Crippen LogP contribution is -2.53. The molecule has 3 aromatic rings. The summed E-state index contributed by atoms with van der Waals surface area (Å²) >= 11 is 0. The van der Waals surface area contributed by atoms with Crippen molar-refractivity contribution < 1.29 is 19.7 Å². The summed E-state index contributed by atoms with van der Waals surface area (Å²) in [4.78, 5) is 30.7. The molecule has 1 aliphatic carbocycles. The summed E-state index contributed by atoms with van der Waals surface area (Å²) in [6.45, 7) is 10.3. The minimum Gasteiger partial charge on any atom is -0.508 e. The van der Waals surface area contributed by atoms with Crippen LogP contribution in [0.1, 0.15) is 24.1 Å². The van der Waals surface area contributed by atoms with Crippen LogP contribution in [0.3, 0.4) is 0 Å². The number of aromatic hydroxyl groups is 1. The SMILES string of the molecule is C=CC(=O)N1CCN(c2nc(OCCCN3CC4CC43CO)nc3c2CCN(c2cc(O)cc4ccccc24)C3)CC1. The third-order valence-electron chi connectivity index (χ3n) is 9.60. The first-order chi connectivity index (χ1) is 20.5. The number of hydrogen-bond acceptors (Lipinski definition) is 9. The van der Waals surface area contributed by atoms with E-state index < -0.39 is 0 Å². The average Bonchev–Trinajstić information content (AvgIpc) is 3.62. The number of aliphatic hydroxyl groups excluding tert-OH is 1. The molecule has 10 nitrogen and oxygen atoms in total. The van der Waals surface area contributed by atoms with E-state index >= 15 is 0 Å². The average molecular weight is 571 g/mol. The van der Waals surface area contributed by atoms with Crippen LogP contribution < -0.4 is 14.5 Å². The molecule has 0 bridgehead atoms. The van der Waals surface area contributed by atoms with Crippen molar-refractivity contribution in [2.24, 2.45) is 5.92 Å².